The maximum atomic E-state index is 4.98. The Balaban J connectivity index is 1.57. The van der Waals surface area contributed by atoms with Crippen LogP contribution in [0.3, 0.4) is 0 Å². The maximum Gasteiger partial charge on any atom is 0.0958 e. The summed E-state index contributed by atoms with van der Waals surface area (Å²) in [5, 5.41) is 6.79. The minimum Gasteiger partial charge on any atom is -0.383 e. The average molecular weight is 276 g/mol. The van der Waals surface area contributed by atoms with Gasteiger partial charge in [-0.25, -0.2) is 4.98 Å². The van der Waals surface area contributed by atoms with Crippen LogP contribution in [0.15, 0.2) is 30.6 Å². The van der Waals surface area contributed by atoms with Crippen LogP contribution in [0.4, 0.5) is 0 Å². The first-order chi connectivity index (χ1) is 9.92. The quantitative estimate of drug-likeness (QED) is 0.641. The second-order valence-corrected chi connectivity index (χ2v) is 4.77. The van der Waals surface area contributed by atoms with Gasteiger partial charge in [-0.1, -0.05) is 12.1 Å². The second kappa shape index (κ2) is 8.68. The third-order valence-corrected chi connectivity index (χ3v) is 3.25. The number of ether oxygens (including phenoxy) is 1. The van der Waals surface area contributed by atoms with Crippen LogP contribution in [-0.4, -0.2) is 49.4 Å². The van der Waals surface area contributed by atoms with E-state index in [0.717, 1.165) is 51.3 Å². The number of aromatic nitrogens is 2. The highest BCUT2D eigenvalue weighted by atomic mass is 16.5. The summed E-state index contributed by atoms with van der Waals surface area (Å²) in [4.78, 5) is 4.39. The van der Waals surface area contributed by atoms with E-state index in [1.54, 1.807) is 7.11 Å². The monoisotopic (exact) mass is 276 g/mol. The van der Waals surface area contributed by atoms with E-state index in [-0.39, 0.29) is 0 Å². The predicted octanol–water partition coefficient (Wildman–Crippen LogP) is 1.25. The van der Waals surface area contributed by atoms with Crippen molar-refractivity contribution >= 4 is 11.0 Å². The van der Waals surface area contributed by atoms with Crippen LogP contribution in [0.2, 0.25) is 0 Å². The van der Waals surface area contributed by atoms with Gasteiger partial charge in [0, 0.05) is 26.7 Å². The highest BCUT2D eigenvalue weighted by molar-refractivity contribution is 5.74. The Morgan fingerprint density at radius 1 is 1.10 bits per heavy atom. The lowest BCUT2D eigenvalue weighted by molar-refractivity contribution is 0.199. The summed E-state index contributed by atoms with van der Waals surface area (Å²) in [6, 6.07) is 8.24. The molecule has 2 rings (SSSR count). The van der Waals surface area contributed by atoms with Crippen LogP contribution in [0.1, 0.15) is 6.42 Å². The molecule has 0 saturated carbocycles. The third kappa shape index (κ3) is 4.59. The molecule has 1 heterocycles. The molecular weight excluding hydrogens is 252 g/mol. The third-order valence-electron chi connectivity index (χ3n) is 3.25. The summed E-state index contributed by atoms with van der Waals surface area (Å²) < 4.78 is 7.17. The Labute approximate surface area is 120 Å². The maximum absolute atomic E-state index is 4.98. The number of hydrogen-bond acceptors (Lipinski definition) is 4. The van der Waals surface area contributed by atoms with Gasteiger partial charge in [0.25, 0.3) is 0 Å². The standard InChI is InChI=1S/C15H24N4O/c1-20-12-10-17-8-4-7-16-9-11-19-13-18-14-5-2-3-6-15(14)19/h2-3,5-6,13,16-17H,4,7-12H2,1H3. The van der Waals surface area contributed by atoms with Gasteiger partial charge in [0.15, 0.2) is 0 Å². The molecule has 0 aliphatic rings. The van der Waals surface area contributed by atoms with Crippen molar-refractivity contribution in [2.45, 2.75) is 13.0 Å². The first-order valence-electron chi connectivity index (χ1n) is 7.22. The summed E-state index contributed by atoms with van der Waals surface area (Å²) in [6.45, 7) is 5.70. The highest BCUT2D eigenvalue weighted by Crippen LogP contribution is 2.10. The van der Waals surface area contributed by atoms with Gasteiger partial charge >= 0.3 is 0 Å². The van der Waals surface area contributed by atoms with Crippen molar-refractivity contribution in [2.24, 2.45) is 0 Å². The molecule has 0 saturated heterocycles. The van der Waals surface area contributed by atoms with Gasteiger partial charge < -0.3 is 19.9 Å². The normalized spacial score (nSPS) is 11.2. The zero-order valence-electron chi connectivity index (χ0n) is 12.1. The van der Waals surface area contributed by atoms with Gasteiger partial charge in [-0.15, -0.1) is 0 Å². The second-order valence-electron chi connectivity index (χ2n) is 4.77. The molecule has 20 heavy (non-hydrogen) atoms. The molecule has 0 radical (unpaired) electrons. The fraction of sp³-hybridized carbons (Fsp3) is 0.533. The van der Waals surface area contributed by atoms with Gasteiger partial charge in [-0.2, -0.15) is 0 Å². The number of imidazole rings is 1. The molecule has 1 aromatic heterocycles. The number of rotatable bonds is 10. The predicted molar refractivity (Wildman–Crippen MR) is 82.0 cm³/mol. The molecule has 2 N–H and O–H groups in total. The molecule has 1 aromatic carbocycles. The molecule has 0 unspecified atom stereocenters. The van der Waals surface area contributed by atoms with Crippen molar-refractivity contribution in [1.82, 2.24) is 20.2 Å². The Morgan fingerprint density at radius 2 is 1.90 bits per heavy atom. The molecule has 0 amide bonds. The van der Waals surface area contributed by atoms with Crippen molar-refractivity contribution < 1.29 is 4.74 Å². The van der Waals surface area contributed by atoms with E-state index in [1.165, 1.54) is 5.52 Å². The average Bonchev–Trinajstić information content (AvgIpc) is 2.89. The molecule has 0 bridgehead atoms. The molecule has 5 nitrogen and oxygen atoms in total. The minimum absolute atomic E-state index is 0.779. The van der Waals surface area contributed by atoms with Crippen LogP contribution in [0.25, 0.3) is 11.0 Å². The smallest absolute Gasteiger partial charge is 0.0958 e. The molecule has 2 aromatic rings. The SMILES string of the molecule is COCCNCCCNCCn1cnc2ccccc21. The van der Waals surface area contributed by atoms with Crippen LogP contribution in [0.5, 0.6) is 0 Å². The number of hydrogen-bond donors (Lipinski definition) is 2. The van der Waals surface area contributed by atoms with Gasteiger partial charge in [-0.3, -0.25) is 0 Å². The Kier molecular flexibility index (Phi) is 6.50. The zero-order valence-corrected chi connectivity index (χ0v) is 12.1. The van der Waals surface area contributed by atoms with E-state index in [2.05, 4.69) is 32.3 Å². The number of fused-ring (bicyclic) bond motifs is 1. The summed E-state index contributed by atoms with van der Waals surface area (Å²) in [5.41, 5.74) is 2.27. The topological polar surface area (TPSA) is 51.1 Å². The highest BCUT2D eigenvalue weighted by Gasteiger charge is 2.00. The van der Waals surface area contributed by atoms with Gasteiger partial charge in [-0.05, 0) is 31.6 Å². The van der Waals surface area contributed by atoms with Crippen molar-refractivity contribution in [1.29, 1.82) is 0 Å². The summed E-state index contributed by atoms with van der Waals surface area (Å²) in [5.74, 6) is 0. The summed E-state index contributed by atoms with van der Waals surface area (Å²) in [7, 11) is 1.73. The molecule has 0 aliphatic carbocycles. The summed E-state index contributed by atoms with van der Waals surface area (Å²) in [6.07, 6.45) is 3.05. The molecule has 0 spiro atoms. The van der Waals surface area contributed by atoms with E-state index < -0.39 is 0 Å². The molecule has 110 valence electrons. The number of nitrogens with one attached hydrogen (secondary N) is 2. The van der Waals surface area contributed by atoms with Gasteiger partial charge in [0.1, 0.15) is 0 Å². The molecule has 0 fully saturated rings. The fourth-order valence-corrected chi connectivity index (χ4v) is 2.15. The van der Waals surface area contributed by atoms with E-state index in [1.807, 2.05) is 18.5 Å². The Morgan fingerprint density at radius 3 is 2.75 bits per heavy atom. The van der Waals surface area contributed by atoms with E-state index in [9.17, 15) is 0 Å². The van der Waals surface area contributed by atoms with Crippen LogP contribution >= 0.6 is 0 Å². The van der Waals surface area contributed by atoms with Crippen LogP contribution < -0.4 is 10.6 Å². The molecule has 0 aliphatic heterocycles. The van der Waals surface area contributed by atoms with Crippen molar-refractivity contribution in [3.8, 4) is 0 Å². The van der Waals surface area contributed by atoms with E-state index in [4.69, 9.17) is 4.74 Å². The van der Waals surface area contributed by atoms with E-state index >= 15 is 0 Å². The molecule has 0 atom stereocenters. The number of para-hydroxylation sites is 2. The number of nitrogens with zero attached hydrogens (tertiary/aromatic N) is 2. The molecule has 5 heteroatoms. The zero-order chi connectivity index (χ0) is 14.0. The number of benzene rings is 1. The number of methoxy groups -OCH3 is 1. The lowest BCUT2D eigenvalue weighted by atomic mass is 10.3. The Hall–Kier alpha value is -1.43. The first-order valence-corrected chi connectivity index (χ1v) is 7.22. The van der Waals surface area contributed by atoms with Crippen LogP contribution in [-0.2, 0) is 11.3 Å². The lowest BCUT2D eigenvalue weighted by Crippen LogP contribution is -2.26. The minimum atomic E-state index is 0.779. The van der Waals surface area contributed by atoms with E-state index in [0.29, 0.717) is 0 Å². The van der Waals surface area contributed by atoms with Crippen molar-refractivity contribution in [3.05, 3.63) is 30.6 Å². The lowest BCUT2D eigenvalue weighted by Gasteiger charge is -2.07. The largest absolute Gasteiger partial charge is 0.383 e. The van der Waals surface area contributed by atoms with Crippen LogP contribution in [0, 0.1) is 0 Å². The van der Waals surface area contributed by atoms with Gasteiger partial charge in [0.2, 0.25) is 0 Å². The van der Waals surface area contributed by atoms with Gasteiger partial charge in [0.05, 0.1) is 24.0 Å². The summed E-state index contributed by atoms with van der Waals surface area (Å²) >= 11 is 0. The van der Waals surface area contributed by atoms with Crippen molar-refractivity contribution in [2.75, 3.05) is 39.9 Å². The Bertz CT molecular complexity index is 497. The first kappa shape index (κ1) is 15.0. The fourth-order valence-electron chi connectivity index (χ4n) is 2.15. The van der Waals surface area contributed by atoms with Crippen molar-refractivity contribution in [3.63, 3.8) is 0 Å². The molecular formula is C15H24N4O.